The van der Waals surface area contributed by atoms with Gasteiger partial charge in [-0.1, -0.05) is 0 Å². The zero-order valence-electron chi connectivity index (χ0n) is 10.5. The summed E-state index contributed by atoms with van der Waals surface area (Å²) < 4.78 is 5.35. The number of hydrogen-bond donors (Lipinski definition) is 0. The molecule has 1 saturated carbocycles. The summed E-state index contributed by atoms with van der Waals surface area (Å²) in [5.41, 5.74) is 0.765. The van der Waals surface area contributed by atoms with Crippen molar-refractivity contribution >= 4 is 5.78 Å². The van der Waals surface area contributed by atoms with Crippen LogP contribution in [0.1, 0.15) is 30.1 Å². The van der Waals surface area contributed by atoms with Gasteiger partial charge in [0.2, 0.25) is 0 Å². The summed E-state index contributed by atoms with van der Waals surface area (Å²) in [5, 5.41) is 0. The number of likely N-dealkylation sites (N-methyl/N-ethyl adjacent to an activating group) is 1. The van der Waals surface area contributed by atoms with E-state index in [0.717, 1.165) is 11.3 Å². The zero-order valence-corrected chi connectivity index (χ0v) is 10.5. The second-order valence-corrected chi connectivity index (χ2v) is 4.53. The van der Waals surface area contributed by atoms with Crippen molar-refractivity contribution in [1.82, 2.24) is 4.90 Å². The number of rotatable bonds is 6. The lowest BCUT2D eigenvalue weighted by atomic mass is 10.1. The molecule has 0 saturated heterocycles. The van der Waals surface area contributed by atoms with Crippen molar-refractivity contribution in [3.8, 4) is 5.75 Å². The van der Waals surface area contributed by atoms with Gasteiger partial charge in [-0.3, -0.25) is 9.69 Å². The van der Waals surface area contributed by atoms with Gasteiger partial charge in [0.1, 0.15) is 5.75 Å². The molecule has 0 aliphatic heterocycles. The predicted molar refractivity (Wildman–Crippen MR) is 67.6 cm³/mol. The van der Waals surface area contributed by atoms with Crippen LogP contribution < -0.4 is 4.74 Å². The van der Waals surface area contributed by atoms with Gasteiger partial charge in [0.05, 0.1) is 13.2 Å². The lowest BCUT2D eigenvalue weighted by Crippen LogP contribution is -2.27. The Morgan fingerprint density at radius 3 is 2.53 bits per heavy atom. The average molecular weight is 233 g/mol. The molecule has 0 spiro atoms. The van der Waals surface area contributed by atoms with Crippen molar-refractivity contribution in [3.05, 3.63) is 29.8 Å². The summed E-state index contributed by atoms with van der Waals surface area (Å²) in [5.74, 6) is 1.00. The quantitative estimate of drug-likeness (QED) is 0.706. The molecule has 0 atom stereocenters. The third kappa shape index (κ3) is 3.30. The topological polar surface area (TPSA) is 29.5 Å². The number of Topliss-reactive ketones (excluding diaryl/α,β-unsaturated/α-hetero) is 1. The second kappa shape index (κ2) is 5.32. The van der Waals surface area contributed by atoms with Crippen LogP contribution in [-0.2, 0) is 0 Å². The van der Waals surface area contributed by atoms with Crippen molar-refractivity contribution in [2.75, 3.05) is 20.2 Å². The van der Waals surface area contributed by atoms with Gasteiger partial charge in [-0.05, 0) is 51.1 Å². The average Bonchev–Trinajstić information content (AvgIpc) is 3.14. The maximum Gasteiger partial charge on any atom is 0.176 e. The maximum atomic E-state index is 12.0. The Morgan fingerprint density at radius 1 is 1.35 bits per heavy atom. The summed E-state index contributed by atoms with van der Waals surface area (Å²) in [6, 6.07) is 8.02. The number of benzene rings is 1. The van der Waals surface area contributed by atoms with Crippen LogP contribution >= 0.6 is 0 Å². The number of nitrogens with zero attached hydrogens (tertiary/aromatic N) is 1. The standard InChI is InChI=1S/C14H19NO2/c1-3-17-13-8-4-11(5-9-13)14(16)10-15(2)12-6-7-12/h4-5,8-9,12H,3,6-7,10H2,1-2H3. The third-order valence-electron chi connectivity index (χ3n) is 3.05. The molecule has 1 aliphatic carbocycles. The summed E-state index contributed by atoms with van der Waals surface area (Å²) in [6.45, 7) is 3.11. The summed E-state index contributed by atoms with van der Waals surface area (Å²) >= 11 is 0. The minimum Gasteiger partial charge on any atom is -0.494 e. The van der Waals surface area contributed by atoms with Gasteiger partial charge in [-0.15, -0.1) is 0 Å². The number of carbonyl (C=O) groups excluding carboxylic acids is 1. The predicted octanol–water partition coefficient (Wildman–Crippen LogP) is 2.36. The largest absolute Gasteiger partial charge is 0.494 e. The van der Waals surface area contributed by atoms with E-state index < -0.39 is 0 Å². The Bertz CT molecular complexity index is 382. The van der Waals surface area contributed by atoms with Crippen LogP contribution in [0.15, 0.2) is 24.3 Å². The van der Waals surface area contributed by atoms with Crippen LogP contribution in [0.25, 0.3) is 0 Å². The smallest absolute Gasteiger partial charge is 0.176 e. The Kier molecular flexibility index (Phi) is 3.79. The Labute approximate surface area is 102 Å². The molecular weight excluding hydrogens is 214 g/mol. The highest BCUT2D eigenvalue weighted by Gasteiger charge is 2.27. The first-order valence-corrected chi connectivity index (χ1v) is 6.17. The summed E-state index contributed by atoms with van der Waals surface area (Å²) in [7, 11) is 2.02. The molecule has 3 nitrogen and oxygen atoms in total. The summed E-state index contributed by atoms with van der Waals surface area (Å²) in [6.07, 6.45) is 2.46. The molecule has 1 fully saturated rings. The van der Waals surface area contributed by atoms with Crippen molar-refractivity contribution in [3.63, 3.8) is 0 Å². The molecule has 1 aliphatic rings. The fourth-order valence-corrected chi connectivity index (χ4v) is 1.87. The minimum atomic E-state index is 0.183. The second-order valence-electron chi connectivity index (χ2n) is 4.53. The van der Waals surface area contributed by atoms with Crippen LogP contribution in [0, 0.1) is 0 Å². The lowest BCUT2D eigenvalue weighted by molar-refractivity contribution is 0.0942. The molecule has 0 unspecified atom stereocenters. The van der Waals surface area contributed by atoms with Gasteiger partial charge in [-0.2, -0.15) is 0 Å². The van der Waals surface area contributed by atoms with E-state index in [1.807, 2.05) is 38.2 Å². The molecular formula is C14H19NO2. The van der Waals surface area contributed by atoms with Crippen LogP contribution in [0.3, 0.4) is 0 Å². The Hall–Kier alpha value is -1.35. The van der Waals surface area contributed by atoms with E-state index in [0.29, 0.717) is 19.2 Å². The van der Waals surface area contributed by atoms with E-state index >= 15 is 0 Å². The molecule has 1 aromatic rings. The van der Waals surface area contributed by atoms with Gasteiger partial charge in [-0.25, -0.2) is 0 Å². The number of ether oxygens (including phenoxy) is 1. The number of hydrogen-bond acceptors (Lipinski definition) is 3. The van der Waals surface area contributed by atoms with Crippen molar-refractivity contribution < 1.29 is 9.53 Å². The molecule has 17 heavy (non-hydrogen) atoms. The van der Waals surface area contributed by atoms with E-state index in [9.17, 15) is 4.79 Å². The van der Waals surface area contributed by atoms with E-state index in [1.54, 1.807) is 0 Å². The molecule has 0 bridgehead atoms. The van der Waals surface area contributed by atoms with Crippen LogP contribution in [0.2, 0.25) is 0 Å². The highest BCUT2D eigenvalue weighted by molar-refractivity contribution is 5.97. The molecule has 0 radical (unpaired) electrons. The summed E-state index contributed by atoms with van der Waals surface area (Å²) in [4.78, 5) is 14.1. The zero-order chi connectivity index (χ0) is 12.3. The van der Waals surface area contributed by atoms with Crippen molar-refractivity contribution in [1.29, 1.82) is 0 Å². The maximum absolute atomic E-state index is 12.0. The first-order chi connectivity index (χ1) is 8.20. The highest BCUT2D eigenvalue weighted by Crippen LogP contribution is 2.25. The van der Waals surface area contributed by atoms with Gasteiger partial charge < -0.3 is 4.74 Å². The fourth-order valence-electron chi connectivity index (χ4n) is 1.87. The highest BCUT2D eigenvalue weighted by atomic mass is 16.5. The number of carbonyl (C=O) groups is 1. The van der Waals surface area contributed by atoms with Gasteiger partial charge in [0, 0.05) is 11.6 Å². The minimum absolute atomic E-state index is 0.183. The van der Waals surface area contributed by atoms with Crippen molar-refractivity contribution in [2.24, 2.45) is 0 Å². The molecule has 0 aromatic heterocycles. The first-order valence-electron chi connectivity index (χ1n) is 6.17. The van der Waals surface area contributed by atoms with E-state index in [1.165, 1.54) is 12.8 Å². The van der Waals surface area contributed by atoms with E-state index in [4.69, 9.17) is 4.74 Å². The van der Waals surface area contributed by atoms with Gasteiger partial charge in [0.15, 0.2) is 5.78 Å². The Balaban J connectivity index is 1.93. The number of ketones is 1. The third-order valence-corrected chi connectivity index (χ3v) is 3.05. The van der Waals surface area contributed by atoms with Crippen LogP contribution in [-0.4, -0.2) is 36.9 Å². The Morgan fingerprint density at radius 2 is 2.00 bits per heavy atom. The molecule has 0 heterocycles. The fraction of sp³-hybridized carbons (Fsp3) is 0.500. The SMILES string of the molecule is CCOc1ccc(C(=O)CN(C)C2CC2)cc1. The lowest BCUT2D eigenvalue weighted by Gasteiger charge is -2.14. The molecule has 3 heteroatoms. The molecule has 92 valence electrons. The molecule has 1 aromatic carbocycles. The van der Waals surface area contributed by atoms with Crippen LogP contribution in [0.5, 0.6) is 5.75 Å². The molecule has 0 N–H and O–H groups in total. The van der Waals surface area contributed by atoms with Gasteiger partial charge >= 0.3 is 0 Å². The van der Waals surface area contributed by atoms with Crippen LogP contribution in [0.4, 0.5) is 0 Å². The van der Waals surface area contributed by atoms with Gasteiger partial charge in [0.25, 0.3) is 0 Å². The molecule has 2 rings (SSSR count). The molecule has 0 amide bonds. The normalized spacial score (nSPS) is 15.0. The van der Waals surface area contributed by atoms with Crippen molar-refractivity contribution in [2.45, 2.75) is 25.8 Å². The van der Waals surface area contributed by atoms with E-state index in [2.05, 4.69) is 4.90 Å². The van der Waals surface area contributed by atoms with E-state index in [-0.39, 0.29) is 5.78 Å². The monoisotopic (exact) mass is 233 g/mol. The first kappa shape index (κ1) is 12.1.